The van der Waals surface area contributed by atoms with Gasteiger partial charge in [-0.05, 0) is 24.3 Å². The number of carbonyl (C=O) groups is 2. The van der Waals surface area contributed by atoms with E-state index in [1.165, 1.54) is 0 Å². The van der Waals surface area contributed by atoms with Crippen LogP contribution in [0.3, 0.4) is 0 Å². The topological polar surface area (TPSA) is 95.1 Å². The average Bonchev–Trinajstić information content (AvgIpc) is 2.84. The van der Waals surface area contributed by atoms with Gasteiger partial charge in [-0.15, -0.1) is 0 Å². The Balaban J connectivity index is 1.80. The van der Waals surface area contributed by atoms with Gasteiger partial charge in [-0.1, -0.05) is 12.1 Å². The molecule has 0 spiro atoms. The zero-order valence-electron chi connectivity index (χ0n) is 10.7. The van der Waals surface area contributed by atoms with Gasteiger partial charge in [0, 0.05) is 0 Å². The first-order valence-electron chi connectivity index (χ1n) is 6.14. The summed E-state index contributed by atoms with van der Waals surface area (Å²) in [6.45, 7) is 0. The van der Waals surface area contributed by atoms with Crippen molar-refractivity contribution < 1.29 is 14.7 Å². The van der Waals surface area contributed by atoms with E-state index in [1.54, 1.807) is 11.8 Å². The van der Waals surface area contributed by atoms with Gasteiger partial charge in [0.2, 0.25) is 6.41 Å². The van der Waals surface area contributed by atoms with E-state index in [0.717, 1.165) is 16.9 Å². The molecule has 1 aromatic carbocycles. The molecule has 3 N–H and O–H groups in total. The van der Waals surface area contributed by atoms with Gasteiger partial charge in [-0.2, -0.15) is 11.8 Å². The van der Waals surface area contributed by atoms with Crippen LogP contribution in [-0.4, -0.2) is 39.2 Å². The molecule has 20 heavy (non-hydrogen) atoms. The zero-order valence-corrected chi connectivity index (χ0v) is 11.5. The highest BCUT2D eigenvalue weighted by Gasteiger charge is 2.15. The first kappa shape index (κ1) is 14.4. The SMILES string of the molecule is O=CNC(CCSCc1nc2ccccc2[nH]1)C(=O)O. The summed E-state index contributed by atoms with van der Waals surface area (Å²) in [5.41, 5.74) is 1.92. The number of carboxylic acid groups (broad SMARTS) is 1. The number of aromatic nitrogens is 2. The highest BCUT2D eigenvalue weighted by molar-refractivity contribution is 7.98. The van der Waals surface area contributed by atoms with E-state index in [2.05, 4.69) is 15.3 Å². The molecule has 0 aliphatic carbocycles. The summed E-state index contributed by atoms with van der Waals surface area (Å²) in [5, 5.41) is 11.2. The maximum Gasteiger partial charge on any atom is 0.326 e. The molecule has 0 saturated carbocycles. The molecule has 0 saturated heterocycles. The van der Waals surface area contributed by atoms with Gasteiger partial charge in [-0.3, -0.25) is 4.79 Å². The Bertz CT molecular complexity index is 566. The fraction of sp³-hybridized carbons (Fsp3) is 0.308. The number of para-hydroxylation sites is 2. The monoisotopic (exact) mass is 293 g/mol. The number of H-pyrrole nitrogens is 1. The van der Waals surface area contributed by atoms with Crippen molar-refractivity contribution in [3.63, 3.8) is 0 Å². The lowest BCUT2D eigenvalue weighted by atomic mass is 10.2. The van der Waals surface area contributed by atoms with E-state index in [1.807, 2.05) is 24.3 Å². The van der Waals surface area contributed by atoms with E-state index >= 15 is 0 Å². The number of hydrogen-bond acceptors (Lipinski definition) is 4. The average molecular weight is 293 g/mol. The second kappa shape index (κ2) is 6.95. The van der Waals surface area contributed by atoms with E-state index in [-0.39, 0.29) is 0 Å². The van der Waals surface area contributed by atoms with Crippen LogP contribution in [0.1, 0.15) is 12.2 Å². The second-order valence-electron chi connectivity index (χ2n) is 4.22. The predicted molar refractivity (Wildman–Crippen MR) is 77.5 cm³/mol. The van der Waals surface area contributed by atoms with E-state index in [9.17, 15) is 9.59 Å². The van der Waals surface area contributed by atoms with Crippen molar-refractivity contribution in [3.8, 4) is 0 Å². The van der Waals surface area contributed by atoms with E-state index in [0.29, 0.717) is 24.3 Å². The first-order chi connectivity index (χ1) is 9.70. The van der Waals surface area contributed by atoms with Crippen molar-refractivity contribution in [1.29, 1.82) is 0 Å². The Morgan fingerprint density at radius 1 is 1.50 bits per heavy atom. The number of carbonyl (C=O) groups excluding carboxylic acids is 1. The molecule has 2 rings (SSSR count). The lowest BCUT2D eigenvalue weighted by Crippen LogP contribution is -2.36. The van der Waals surface area contributed by atoms with Crippen LogP contribution in [0, 0.1) is 0 Å². The molecule has 1 aromatic heterocycles. The van der Waals surface area contributed by atoms with E-state index < -0.39 is 12.0 Å². The molecule has 0 aliphatic rings. The van der Waals surface area contributed by atoms with Gasteiger partial charge in [0.25, 0.3) is 0 Å². The van der Waals surface area contributed by atoms with Gasteiger partial charge >= 0.3 is 5.97 Å². The molecule has 1 atom stereocenters. The van der Waals surface area contributed by atoms with Crippen molar-refractivity contribution in [2.45, 2.75) is 18.2 Å². The number of aromatic amines is 1. The highest BCUT2D eigenvalue weighted by Crippen LogP contribution is 2.16. The standard InChI is InChI=1S/C13H15N3O3S/c17-8-14-11(13(18)19)5-6-20-7-12-15-9-3-1-2-4-10(9)16-12/h1-4,8,11H,5-7H2,(H,14,17)(H,15,16)(H,18,19). The number of fused-ring (bicyclic) bond motifs is 1. The number of nitrogens with one attached hydrogen (secondary N) is 2. The van der Waals surface area contributed by atoms with Crippen LogP contribution in [0.4, 0.5) is 0 Å². The van der Waals surface area contributed by atoms with Gasteiger partial charge in [0.15, 0.2) is 0 Å². The minimum Gasteiger partial charge on any atom is -0.480 e. The third-order valence-electron chi connectivity index (χ3n) is 2.80. The first-order valence-corrected chi connectivity index (χ1v) is 7.30. The van der Waals surface area contributed by atoms with Crippen molar-refractivity contribution in [2.75, 3.05) is 5.75 Å². The van der Waals surface area contributed by atoms with Gasteiger partial charge in [-0.25, -0.2) is 9.78 Å². The second-order valence-corrected chi connectivity index (χ2v) is 5.32. The Morgan fingerprint density at radius 2 is 2.30 bits per heavy atom. The molecule has 7 heteroatoms. The molecule has 6 nitrogen and oxygen atoms in total. The predicted octanol–water partition coefficient (Wildman–Crippen LogP) is 1.39. The molecule has 1 unspecified atom stereocenters. The number of aliphatic carboxylic acids is 1. The van der Waals surface area contributed by atoms with Crippen molar-refractivity contribution in [3.05, 3.63) is 30.1 Å². The van der Waals surface area contributed by atoms with Crippen LogP contribution in [0.5, 0.6) is 0 Å². The van der Waals surface area contributed by atoms with Crippen LogP contribution >= 0.6 is 11.8 Å². The summed E-state index contributed by atoms with van der Waals surface area (Å²) in [5.74, 6) is 1.17. The zero-order chi connectivity index (χ0) is 14.4. The molecular weight excluding hydrogens is 278 g/mol. The number of nitrogens with zero attached hydrogens (tertiary/aromatic N) is 1. The molecule has 1 amide bonds. The Labute approximate surface area is 120 Å². The Hall–Kier alpha value is -2.02. The number of rotatable bonds is 8. The molecule has 2 aromatic rings. The summed E-state index contributed by atoms with van der Waals surface area (Å²) >= 11 is 1.58. The smallest absolute Gasteiger partial charge is 0.326 e. The number of carboxylic acids is 1. The maximum atomic E-state index is 10.8. The van der Waals surface area contributed by atoms with Gasteiger partial charge in [0.1, 0.15) is 11.9 Å². The van der Waals surface area contributed by atoms with Crippen LogP contribution in [0.2, 0.25) is 0 Å². The summed E-state index contributed by atoms with van der Waals surface area (Å²) in [7, 11) is 0. The summed E-state index contributed by atoms with van der Waals surface area (Å²) < 4.78 is 0. The number of thioether (sulfide) groups is 1. The van der Waals surface area contributed by atoms with Crippen molar-refractivity contribution in [2.24, 2.45) is 0 Å². The lowest BCUT2D eigenvalue weighted by molar-refractivity contribution is -0.140. The third-order valence-corrected chi connectivity index (χ3v) is 3.80. The number of benzene rings is 1. The fourth-order valence-corrected chi connectivity index (χ4v) is 2.68. The van der Waals surface area contributed by atoms with Crippen LogP contribution < -0.4 is 5.32 Å². The Morgan fingerprint density at radius 3 is 3.00 bits per heavy atom. The molecule has 0 fully saturated rings. The molecule has 0 bridgehead atoms. The van der Waals surface area contributed by atoms with Crippen LogP contribution in [0.15, 0.2) is 24.3 Å². The molecule has 1 heterocycles. The summed E-state index contributed by atoms with van der Waals surface area (Å²) in [6.07, 6.45) is 0.807. The van der Waals surface area contributed by atoms with Crippen LogP contribution in [0.25, 0.3) is 11.0 Å². The van der Waals surface area contributed by atoms with Crippen molar-refractivity contribution in [1.82, 2.24) is 15.3 Å². The summed E-state index contributed by atoms with van der Waals surface area (Å²) in [6, 6.07) is 6.96. The number of hydrogen-bond donors (Lipinski definition) is 3. The van der Waals surface area contributed by atoms with Gasteiger partial charge < -0.3 is 15.4 Å². The fourth-order valence-electron chi connectivity index (χ4n) is 1.80. The quantitative estimate of drug-likeness (QED) is 0.505. The molecule has 106 valence electrons. The minimum atomic E-state index is -1.01. The Kier molecular flexibility index (Phi) is 5.00. The maximum absolute atomic E-state index is 10.8. The van der Waals surface area contributed by atoms with E-state index in [4.69, 9.17) is 5.11 Å². The largest absolute Gasteiger partial charge is 0.480 e. The van der Waals surface area contributed by atoms with Gasteiger partial charge in [0.05, 0.1) is 16.8 Å². The lowest BCUT2D eigenvalue weighted by Gasteiger charge is -2.09. The summed E-state index contributed by atoms with van der Waals surface area (Å²) in [4.78, 5) is 28.7. The molecule has 0 aliphatic heterocycles. The number of imidazole rings is 1. The molecule has 0 radical (unpaired) electrons. The molecular formula is C13H15N3O3S. The number of amides is 1. The highest BCUT2D eigenvalue weighted by atomic mass is 32.2. The van der Waals surface area contributed by atoms with Crippen LogP contribution in [-0.2, 0) is 15.3 Å². The normalized spacial score (nSPS) is 12.2. The minimum absolute atomic E-state index is 0.388. The van der Waals surface area contributed by atoms with Crippen molar-refractivity contribution >= 4 is 35.2 Å². The third kappa shape index (κ3) is 3.74.